The number of ether oxygens (including phenoxy) is 4. The summed E-state index contributed by atoms with van der Waals surface area (Å²) in [5.74, 6) is 1.27. The second kappa shape index (κ2) is 54.7. The van der Waals surface area contributed by atoms with Gasteiger partial charge in [-0.05, 0) is 192 Å². The van der Waals surface area contributed by atoms with Gasteiger partial charge < -0.3 is 89.9 Å². The van der Waals surface area contributed by atoms with E-state index in [1.54, 1.807) is 13.8 Å². The van der Waals surface area contributed by atoms with Crippen LogP contribution in [-0.2, 0) is 42.1 Å². The third kappa shape index (κ3) is 44.1. The smallest absolute Gasteiger partial charge is 0.219 e. The normalized spacial score (nSPS) is 22.7. The van der Waals surface area contributed by atoms with Crippen LogP contribution in [0.1, 0.15) is 130 Å². The Morgan fingerprint density at radius 2 is 0.988 bits per heavy atom. The second-order valence-electron chi connectivity index (χ2n) is 23.8. The lowest BCUT2D eigenvalue weighted by Gasteiger charge is -2.31. The lowest BCUT2D eigenvalue weighted by Crippen LogP contribution is -2.46. The number of piperidine rings is 2. The maximum atomic E-state index is 10.9. The maximum Gasteiger partial charge on any atom is 0.219 e. The van der Waals surface area contributed by atoms with Crippen molar-refractivity contribution >= 4 is 11.8 Å². The number of aliphatic hydroxyl groups excluding tert-OH is 1. The van der Waals surface area contributed by atoms with Crippen molar-refractivity contribution in [2.75, 3.05) is 208 Å². The van der Waals surface area contributed by atoms with Crippen LogP contribution in [0.15, 0.2) is 18.3 Å². The van der Waals surface area contributed by atoms with Crippen LogP contribution in [0.2, 0.25) is 0 Å². The average molecular weight is 1200 g/mol. The van der Waals surface area contributed by atoms with E-state index < -0.39 is 0 Å². The van der Waals surface area contributed by atoms with E-state index >= 15 is 0 Å². The lowest BCUT2D eigenvalue weighted by atomic mass is 9.96. The van der Waals surface area contributed by atoms with Crippen LogP contribution in [0.5, 0.6) is 0 Å². The van der Waals surface area contributed by atoms with E-state index in [2.05, 4.69) is 97.4 Å². The van der Waals surface area contributed by atoms with Gasteiger partial charge in [0.05, 0.1) is 32.0 Å². The summed E-state index contributed by atoms with van der Waals surface area (Å²) in [6.07, 6.45) is 22.7. The van der Waals surface area contributed by atoms with Crippen LogP contribution in [0.25, 0.3) is 0 Å². The molecule has 1 aromatic heterocycles. The number of carbonyl (C=O) groups is 2. The molecule has 8 aliphatic heterocycles. The summed E-state index contributed by atoms with van der Waals surface area (Å²) in [6, 6.07) is 6.23. The molecule has 9 aliphatic rings. The van der Waals surface area contributed by atoms with Gasteiger partial charge in [-0.25, -0.2) is 0 Å². The van der Waals surface area contributed by atoms with Crippen molar-refractivity contribution < 1.29 is 33.6 Å². The number of aryl methyl sites for hydroxylation is 1. The zero-order valence-corrected chi connectivity index (χ0v) is 55.6. The molecule has 2 amide bonds. The van der Waals surface area contributed by atoms with E-state index in [4.69, 9.17) is 24.1 Å². The summed E-state index contributed by atoms with van der Waals surface area (Å²) in [5.41, 5.74) is 1.32. The number of morpholine rings is 1. The van der Waals surface area contributed by atoms with Gasteiger partial charge in [0.25, 0.3) is 0 Å². The zero-order valence-electron chi connectivity index (χ0n) is 55.6. The van der Waals surface area contributed by atoms with Gasteiger partial charge in [0.2, 0.25) is 11.8 Å². The summed E-state index contributed by atoms with van der Waals surface area (Å²) < 4.78 is 22.8. The monoisotopic (exact) mass is 1200 g/mol. The first-order valence-corrected chi connectivity index (χ1v) is 32.4. The van der Waals surface area contributed by atoms with Gasteiger partial charge in [-0.1, -0.05) is 26.7 Å². The molecule has 7 N–H and O–H groups in total. The van der Waals surface area contributed by atoms with E-state index in [9.17, 15) is 9.59 Å². The molecule has 9 heterocycles. The highest BCUT2D eigenvalue weighted by atomic mass is 16.5. The van der Waals surface area contributed by atoms with Crippen LogP contribution in [-0.4, -0.2) is 290 Å². The third-order valence-corrected chi connectivity index (χ3v) is 16.6. The number of nitrogens with zero attached hydrogens (tertiary/aromatic N) is 7. The standard InChI is InChI=1S/C8H16N2O.C7H14N2O.C7H12N2.C7H15NO.C7H15N.2C6H13NO.2C5H11NO.C5H11N.CH4/c1-7(11)10-5-3-8(9-2)4-6-10;1-7(10)9-5-3-8(2)4-6-9;1-8-6-7-4-3-5-9(7)2;1-8-6-7-2-4-9-5-3-7;1-8-7-5-3-2-4-6-7;1-7-4-2-6(8)3-5-7;1-7-5-6-3-2-4-8-6;1-6-2-4-7-5-3-6;1-6-5-2-3-7-4-5;1-6-4-2-3-5-6;/h8-9H,3-6H2,1-2H3;3-6H2,1-2H3;3-5,8H,6H2,1-2H3;7-8H,2-6H2,1H3;7-8H,2-6H2,1H3;6,8H,2-5H2,1H3;6-7H,2-5H2,1H3;2-5H2,1H3;5-6H,2-4H2,1H3;2-5H2,1H3;1H4. The molecule has 8 saturated heterocycles. The first-order chi connectivity index (χ1) is 40.1. The number of likely N-dealkylation sites (N-methyl/N-ethyl adjacent to an activating group) is 4. The Balaban J connectivity index is 0.000000913. The molecule has 1 aliphatic carbocycles. The fourth-order valence-corrected chi connectivity index (χ4v) is 10.4. The fraction of sp³-hybridized carbons (Fsp3) is 0.906. The van der Waals surface area contributed by atoms with Crippen molar-refractivity contribution in [3.05, 3.63) is 24.0 Å². The molecule has 9 fully saturated rings. The molecule has 84 heavy (non-hydrogen) atoms. The number of likely N-dealkylation sites (tertiary alicyclic amines) is 3. The molecular weight excluding hydrogens is 1060 g/mol. The number of amides is 2. The number of rotatable bonds is 9. The van der Waals surface area contributed by atoms with Gasteiger partial charge in [0.15, 0.2) is 0 Å². The highest BCUT2D eigenvalue weighted by Gasteiger charge is 2.20. The van der Waals surface area contributed by atoms with Gasteiger partial charge in [0, 0.05) is 156 Å². The minimum absolute atomic E-state index is 0. The molecule has 0 aromatic carbocycles. The molecule has 0 bridgehead atoms. The van der Waals surface area contributed by atoms with Gasteiger partial charge in [-0.3, -0.25) is 9.59 Å². The van der Waals surface area contributed by atoms with Gasteiger partial charge in [0.1, 0.15) is 0 Å². The van der Waals surface area contributed by atoms with Crippen LogP contribution < -0.4 is 31.9 Å². The minimum Gasteiger partial charge on any atom is -0.393 e. The molecule has 0 radical (unpaired) electrons. The number of nitrogens with one attached hydrogen (secondary N) is 6. The number of piperazine rings is 1. The van der Waals surface area contributed by atoms with E-state index in [1.807, 2.05) is 64.3 Å². The number of hydrogen-bond donors (Lipinski definition) is 7. The molecule has 20 heteroatoms. The van der Waals surface area contributed by atoms with Crippen LogP contribution in [0, 0.1) is 5.92 Å². The highest BCUT2D eigenvalue weighted by molar-refractivity contribution is 5.73. The molecule has 2 unspecified atom stereocenters. The summed E-state index contributed by atoms with van der Waals surface area (Å²) in [5, 5.41) is 28.0. The van der Waals surface area contributed by atoms with Gasteiger partial charge >= 0.3 is 0 Å². The Bertz CT molecular complexity index is 1570. The van der Waals surface area contributed by atoms with E-state index in [1.165, 1.54) is 95.8 Å². The first kappa shape index (κ1) is 81.6. The summed E-state index contributed by atoms with van der Waals surface area (Å²) in [4.78, 5) is 34.6. The van der Waals surface area contributed by atoms with E-state index in [0.717, 1.165) is 169 Å². The Labute approximate surface area is 515 Å². The Hall–Kier alpha value is -2.38. The number of aromatic nitrogens is 1. The highest BCUT2D eigenvalue weighted by Crippen LogP contribution is 2.17. The van der Waals surface area contributed by atoms with E-state index in [0.29, 0.717) is 18.2 Å². The minimum atomic E-state index is -0.0220. The quantitative estimate of drug-likeness (QED) is 0.181. The lowest BCUT2D eigenvalue weighted by molar-refractivity contribution is -0.131. The van der Waals surface area contributed by atoms with Crippen molar-refractivity contribution in [1.29, 1.82) is 0 Å². The van der Waals surface area contributed by atoms with E-state index in [-0.39, 0.29) is 25.3 Å². The van der Waals surface area contributed by atoms with Crippen LogP contribution in [0.4, 0.5) is 0 Å². The SMILES string of the molecule is C.CC(=O)N1CCN(C)CC1.CN1CCC(O)CC1.CN1CCCC1.CN1CCOCC1.CNC1CCCCC1.CNC1CCN(C(C)=O)CC1.CNC1CCOC1.CNCC1CCCO1.CNCC1CCOCC1.CNCc1cccn1C. The molecule has 1 aromatic rings. The summed E-state index contributed by atoms with van der Waals surface area (Å²) in [6.45, 7) is 25.5. The number of carbonyl (C=O) groups excluding carboxylic acids is 2. The Morgan fingerprint density at radius 3 is 1.37 bits per heavy atom. The average Bonchev–Trinajstić information content (AvgIpc) is 4.44. The van der Waals surface area contributed by atoms with Crippen molar-refractivity contribution in [3.63, 3.8) is 0 Å². The van der Waals surface area contributed by atoms with Crippen molar-refractivity contribution in [1.82, 2.24) is 65.9 Å². The predicted molar refractivity (Wildman–Crippen MR) is 351 cm³/mol. The first-order valence-electron chi connectivity index (χ1n) is 32.4. The molecular formula is C64H135N13O7. The molecule has 20 nitrogen and oxygen atoms in total. The van der Waals surface area contributed by atoms with Crippen LogP contribution in [0.3, 0.4) is 0 Å². The van der Waals surface area contributed by atoms with Crippen molar-refractivity contribution in [2.45, 2.75) is 161 Å². The van der Waals surface area contributed by atoms with Gasteiger partial charge in [-0.15, -0.1) is 0 Å². The Morgan fingerprint density at radius 1 is 0.488 bits per heavy atom. The van der Waals surface area contributed by atoms with Crippen molar-refractivity contribution in [3.8, 4) is 0 Å². The molecule has 10 rings (SSSR count). The summed E-state index contributed by atoms with van der Waals surface area (Å²) in [7, 11) is 22.4. The zero-order chi connectivity index (χ0) is 61.3. The predicted octanol–water partition coefficient (Wildman–Crippen LogP) is 4.66. The topological polar surface area (TPSA) is 188 Å². The molecule has 2 atom stereocenters. The molecule has 0 spiro atoms. The number of hydrogen-bond acceptors (Lipinski definition) is 17. The largest absolute Gasteiger partial charge is 0.393 e. The van der Waals surface area contributed by atoms with Gasteiger partial charge in [-0.2, -0.15) is 0 Å². The van der Waals surface area contributed by atoms with Crippen LogP contribution >= 0.6 is 0 Å². The fourth-order valence-electron chi connectivity index (χ4n) is 10.4. The summed E-state index contributed by atoms with van der Waals surface area (Å²) >= 11 is 0. The second-order valence-corrected chi connectivity index (χ2v) is 23.8. The number of aliphatic hydroxyl groups is 1. The Kier molecular flexibility index (Phi) is 53.2. The van der Waals surface area contributed by atoms with Crippen molar-refractivity contribution in [2.24, 2.45) is 13.0 Å². The maximum absolute atomic E-state index is 10.9. The molecule has 498 valence electrons. The third-order valence-electron chi connectivity index (χ3n) is 16.6. The molecule has 1 saturated carbocycles.